The number of nitro groups is 1. The first kappa shape index (κ1) is 31.0. The fourth-order valence-electron chi connectivity index (χ4n) is 5.30. The Balaban J connectivity index is 1.70. The zero-order valence-electron chi connectivity index (χ0n) is 25.2. The first-order valence-corrected chi connectivity index (χ1v) is 15.1. The quantitative estimate of drug-likeness (QED) is 0.200. The van der Waals surface area contributed by atoms with E-state index in [1.54, 1.807) is 44.2 Å². The van der Waals surface area contributed by atoms with E-state index in [2.05, 4.69) is 9.89 Å². The van der Waals surface area contributed by atoms with Crippen LogP contribution in [0.15, 0.2) is 57.5 Å². The number of aromatic nitrogens is 1. The normalized spacial score (nSPS) is 16.9. The van der Waals surface area contributed by atoms with E-state index in [0.717, 1.165) is 17.0 Å². The van der Waals surface area contributed by atoms with Crippen molar-refractivity contribution in [3.05, 3.63) is 88.6 Å². The van der Waals surface area contributed by atoms with Crippen molar-refractivity contribution in [1.29, 1.82) is 0 Å². The zero-order chi connectivity index (χ0) is 31.5. The third kappa shape index (κ3) is 6.10. The Kier molecular flexibility index (Phi) is 9.16. The van der Waals surface area contributed by atoms with E-state index in [4.69, 9.17) is 18.9 Å². The molecule has 2 aromatic carbocycles. The maximum absolute atomic E-state index is 14.1. The van der Waals surface area contributed by atoms with Gasteiger partial charge in [-0.15, -0.1) is 0 Å². The SMILES string of the molecule is CCOC(=O)C1=C(C)N=c2s/c(=C\c3cc(N4CCOCC4)ccc3[N+](=O)[O-])c(=O)n2[C@@H]1c1ccc(OC(C)C)c(OC)c1. The molecule has 1 saturated heterocycles. The third-order valence-electron chi connectivity index (χ3n) is 7.25. The standard InChI is InChI=1S/C31H34N4O8S/c1-6-42-30(37)27-19(4)32-31-34(28(27)20-7-10-24(43-18(2)3)25(16-20)40-5)29(36)26(44-31)17-21-15-22(8-9-23(21)35(38)39)33-11-13-41-14-12-33/h7-10,15-18,28H,6,11-14H2,1-5H3/b26-17-/t28-/m1/s1. The largest absolute Gasteiger partial charge is 0.493 e. The van der Waals surface area contributed by atoms with Crippen LogP contribution in [0, 0.1) is 10.1 Å². The molecule has 0 aliphatic carbocycles. The Hall–Kier alpha value is -4.49. The van der Waals surface area contributed by atoms with E-state index in [9.17, 15) is 19.7 Å². The van der Waals surface area contributed by atoms with Crippen LogP contribution in [-0.2, 0) is 14.3 Å². The highest BCUT2D eigenvalue weighted by atomic mass is 32.1. The zero-order valence-corrected chi connectivity index (χ0v) is 26.0. The summed E-state index contributed by atoms with van der Waals surface area (Å²) in [5.41, 5.74) is 1.72. The predicted octanol–water partition coefficient (Wildman–Crippen LogP) is 3.34. The summed E-state index contributed by atoms with van der Waals surface area (Å²) in [5, 5.41) is 12.0. The van der Waals surface area contributed by atoms with E-state index < -0.39 is 22.5 Å². The van der Waals surface area contributed by atoms with Gasteiger partial charge >= 0.3 is 5.97 Å². The molecule has 1 atom stereocenters. The number of rotatable bonds is 9. The molecule has 2 aliphatic rings. The molecule has 0 amide bonds. The Morgan fingerprint density at radius 2 is 1.95 bits per heavy atom. The Bertz CT molecular complexity index is 1800. The van der Waals surface area contributed by atoms with E-state index in [-0.39, 0.29) is 28.5 Å². The fourth-order valence-corrected chi connectivity index (χ4v) is 6.33. The molecule has 0 N–H and O–H groups in total. The number of ether oxygens (including phenoxy) is 4. The van der Waals surface area contributed by atoms with Gasteiger partial charge < -0.3 is 23.8 Å². The van der Waals surface area contributed by atoms with E-state index >= 15 is 0 Å². The molecule has 232 valence electrons. The molecule has 1 fully saturated rings. The van der Waals surface area contributed by atoms with Crippen molar-refractivity contribution in [3.8, 4) is 11.5 Å². The molecule has 0 spiro atoms. The number of methoxy groups -OCH3 is 1. The molecular formula is C31H34N4O8S. The number of esters is 1. The number of carbonyl (C=O) groups excluding carboxylic acids is 1. The molecule has 0 radical (unpaired) electrons. The number of anilines is 1. The summed E-state index contributed by atoms with van der Waals surface area (Å²) in [4.78, 5) is 45.9. The second-order valence-corrected chi connectivity index (χ2v) is 11.5. The topological polar surface area (TPSA) is 135 Å². The molecule has 0 bridgehead atoms. The van der Waals surface area contributed by atoms with Crippen LogP contribution in [0.1, 0.15) is 44.9 Å². The van der Waals surface area contributed by atoms with E-state index in [1.165, 1.54) is 23.8 Å². The average Bonchev–Trinajstić information content (AvgIpc) is 3.30. The van der Waals surface area contributed by atoms with Gasteiger partial charge in [0.2, 0.25) is 0 Å². The van der Waals surface area contributed by atoms with Crippen LogP contribution < -0.4 is 29.3 Å². The van der Waals surface area contributed by atoms with Crippen molar-refractivity contribution in [3.63, 3.8) is 0 Å². The van der Waals surface area contributed by atoms with Crippen molar-refractivity contribution in [1.82, 2.24) is 4.57 Å². The summed E-state index contributed by atoms with van der Waals surface area (Å²) in [6.07, 6.45) is 1.42. The second kappa shape index (κ2) is 13.0. The lowest BCUT2D eigenvalue weighted by atomic mass is 9.95. The Morgan fingerprint density at radius 1 is 1.20 bits per heavy atom. The molecule has 5 rings (SSSR count). The lowest BCUT2D eigenvalue weighted by Crippen LogP contribution is -2.40. The van der Waals surface area contributed by atoms with Gasteiger partial charge in [-0.25, -0.2) is 9.79 Å². The summed E-state index contributed by atoms with van der Waals surface area (Å²) >= 11 is 1.10. The van der Waals surface area contributed by atoms with Crippen LogP contribution >= 0.6 is 11.3 Å². The highest BCUT2D eigenvalue weighted by Gasteiger charge is 2.34. The first-order valence-electron chi connectivity index (χ1n) is 14.3. The van der Waals surface area contributed by atoms with Crippen LogP contribution in [0.2, 0.25) is 0 Å². The van der Waals surface area contributed by atoms with Gasteiger partial charge in [0.05, 0.1) is 65.4 Å². The fraction of sp³-hybridized carbons (Fsp3) is 0.387. The number of hydrogen-bond acceptors (Lipinski definition) is 11. The van der Waals surface area contributed by atoms with Gasteiger partial charge in [-0.05, 0) is 63.6 Å². The van der Waals surface area contributed by atoms with Crippen molar-refractivity contribution in [2.24, 2.45) is 4.99 Å². The maximum Gasteiger partial charge on any atom is 0.338 e. The summed E-state index contributed by atoms with van der Waals surface area (Å²) in [6, 6.07) is 9.23. The number of morpholine rings is 1. The Labute approximate surface area is 257 Å². The number of nitro benzene ring substituents is 1. The van der Waals surface area contributed by atoms with Gasteiger partial charge in [-0.2, -0.15) is 0 Å². The van der Waals surface area contributed by atoms with Crippen molar-refractivity contribution in [2.45, 2.75) is 39.8 Å². The predicted molar refractivity (Wildman–Crippen MR) is 165 cm³/mol. The number of hydrogen-bond donors (Lipinski definition) is 0. The van der Waals surface area contributed by atoms with Gasteiger partial charge in [-0.1, -0.05) is 17.4 Å². The Morgan fingerprint density at radius 3 is 2.61 bits per heavy atom. The maximum atomic E-state index is 14.1. The molecule has 44 heavy (non-hydrogen) atoms. The minimum Gasteiger partial charge on any atom is -0.493 e. The number of carbonyl (C=O) groups is 1. The van der Waals surface area contributed by atoms with Crippen LogP contribution in [-0.4, -0.2) is 61.6 Å². The average molecular weight is 623 g/mol. The van der Waals surface area contributed by atoms with Crippen molar-refractivity contribution in [2.75, 3.05) is 44.9 Å². The lowest BCUT2D eigenvalue weighted by Gasteiger charge is -2.29. The molecular weight excluding hydrogens is 588 g/mol. The number of benzene rings is 2. The van der Waals surface area contributed by atoms with Crippen LogP contribution in [0.4, 0.5) is 11.4 Å². The minimum atomic E-state index is -0.885. The van der Waals surface area contributed by atoms with Gasteiger partial charge in [0.25, 0.3) is 11.2 Å². The van der Waals surface area contributed by atoms with Crippen LogP contribution in [0.3, 0.4) is 0 Å². The highest BCUT2D eigenvalue weighted by Crippen LogP contribution is 2.36. The molecule has 3 aromatic rings. The molecule has 3 heterocycles. The summed E-state index contributed by atoms with van der Waals surface area (Å²) in [6.45, 7) is 9.76. The molecule has 0 unspecified atom stereocenters. The van der Waals surface area contributed by atoms with E-state index in [1.807, 2.05) is 13.8 Å². The molecule has 13 heteroatoms. The lowest BCUT2D eigenvalue weighted by molar-refractivity contribution is -0.385. The van der Waals surface area contributed by atoms with Gasteiger partial charge in [-0.3, -0.25) is 19.5 Å². The van der Waals surface area contributed by atoms with Crippen molar-refractivity contribution < 1.29 is 28.7 Å². The molecule has 2 aliphatic heterocycles. The van der Waals surface area contributed by atoms with Crippen LogP contribution in [0.25, 0.3) is 6.08 Å². The molecule has 0 saturated carbocycles. The van der Waals surface area contributed by atoms with Gasteiger partial charge in [0.1, 0.15) is 0 Å². The summed E-state index contributed by atoms with van der Waals surface area (Å²) in [5.74, 6) is 0.361. The highest BCUT2D eigenvalue weighted by molar-refractivity contribution is 7.07. The molecule has 1 aromatic heterocycles. The molecule has 12 nitrogen and oxygen atoms in total. The number of allylic oxidation sites excluding steroid dienone is 1. The van der Waals surface area contributed by atoms with Gasteiger partial charge in [0.15, 0.2) is 16.3 Å². The third-order valence-corrected chi connectivity index (χ3v) is 8.24. The first-order chi connectivity index (χ1) is 21.1. The second-order valence-electron chi connectivity index (χ2n) is 10.5. The van der Waals surface area contributed by atoms with E-state index in [0.29, 0.717) is 59.4 Å². The number of nitrogens with zero attached hydrogens (tertiary/aromatic N) is 4. The summed E-state index contributed by atoms with van der Waals surface area (Å²) < 4.78 is 24.0. The van der Waals surface area contributed by atoms with Crippen LogP contribution in [0.5, 0.6) is 11.5 Å². The number of thiazole rings is 1. The monoisotopic (exact) mass is 622 g/mol. The smallest absolute Gasteiger partial charge is 0.338 e. The van der Waals surface area contributed by atoms with Gasteiger partial charge in [0, 0.05) is 24.8 Å². The minimum absolute atomic E-state index is 0.101. The van der Waals surface area contributed by atoms with Crippen molar-refractivity contribution >= 4 is 34.8 Å². The summed E-state index contributed by atoms with van der Waals surface area (Å²) in [7, 11) is 1.52. The number of fused-ring (bicyclic) bond motifs is 1.